The van der Waals surface area contributed by atoms with Gasteiger partial charge < -0.3 is 19.7 Å². The Labute approximate surface area is 128 Å². The highest BCUT2D eigenvalue weighted by atomic mass is 19.1. The summed E-state index contributed by atoms with van der Waals surface area (Å²) >= 11 is 0. The van der Waals surface area contributed by atoms with Gasteiger partial charge in [0.25, 0.3) is 0 Å². The van der Waals surface area contributed by atoms with E-state index in [1.54, 1.807) is 12.1 Å². The molecule has 0 bridgehead atoms. The maximum Gasteiger partial charge on any atom is 0.199 e. The molecule has 2 N–H and O–H groups in total. The lowest BCUT2D eigenvalue weighted by Gasteiger charge is -2.24. The van der Waals surface area contributed by atoms with Crippen LogP contribution in [-0.4, -0.2) is 42.1 Å². The highest BCUT2D eigenvalue weighted by Crippen LogP contribution is 2.28. The number of ether oxygens (including phenoxy) is 2. The Hall–Kier alpha value is -1.40. The Morgan fingerprint density at radius 2 is 2.05 bits per heavy atom. The molecule has 1 aromatic rings. The minimum absolute atomic E-state index is 0.0200. The van der Waals surface area contributed by atoms with Gasteiger partial charge in [0.2, 0.25) is 0 Å². The van der Waals surface area contributed by atoms with Crippen molar-refractivity contribution in [2.45, 2.75) is 44.0 Å². The van der Waals surface area contributed by atoms with Gasteiger partial charge in [-0.05, 0) is 37.3 Å². The number of aryl methyl sites for hydroxylation is 1. The number of phenols is 1. The topological polar surface area (TPSA) is 58.9 Å². The monoisotopic (exact) mass is 316 g/mol. The molecule has 0 aromatic heterocycles. The third-order valence-electron chi connectivity index (χ3n) is 3.82. The molecule has 1 unspecified atom stereocenters. The lowest BCUT2D eigenvalue weighted by Crippen LogP contribution is -2.34. The molecular formula is C16H22F2O4. The summed E-state index contributed by atoms with van der Waals surface area (Å²) in [6, 6.07) is 4.76. The summed E-state index contributed by atoms with van der Waals surface area (Å²) in [6.07, 6.45) is 2.65. The van der Waals surface area contributed by atoms with Crippen molar-refractivity contribution < 1.29 is 28.5 Å². The van der Waals surface area contributed by atoms with Crippen LogP contribution in [0.1, 0.15) is 31.2 Å². The van der Waals surface area contributed by atoms with Crippen molar-refractivity contribution in [3.63, 3.8) is 0 Å². The second kappa shape index (κ2) is 7.74. The van der Waals surface area contributed by atoms with Crippen LogP contribution >= 0.6 is 0 Å². The summed E-state index contributed by atoms with van der Waals surface area (Å²) < 4.78 is 36.2. The van der Waals surface area contributed by atoms with Gasteiger partial charge in [0.1, 0.15) is 30.4 Å². The molecule has 124 valence electrons. The number of rotatable bonds is 7. The van der Waals surface area contributed by atoms with Crippen LogP contribution in [0.15, 0.2) is 18.2 Å². The number of hydrogen-bond acceptors (Lipinski definition) is 4. The van der Waals surface area contributed by atoms with E-state index in [-0.39, 0.29) is 24.9 Å². The molecular weight excluding hydrogens is 294 g/mol. The van der Waals surface area contributed by atoms with Crippen LogP contribution in [0, 0.1) is 0 Å². The fourth-order valence-electron chi connectivity index (χ4n) is 2.32. The molecule has 1 atom stereocenters. The van der Waals surface area contributed by atoms with Crippen LogP contribution < -0.4 is 4.74 Å². The Kier molecular flexibility index (Phi) is 5.97. The fourth-order valence-corrected chi connectivity index (χ4v) is 2.32. The molecule has 1 aromatic carbocycles. The predicted octanol–water partition coefficient (Wildman–Crippen LogP) is 2.90. The molecule has 0 amide bonds. The van der Waals surface area contributed by atoms with E-state index in [0.717, 1.165) is 19.3 Å². The minimum atomic E-state index is -1.97. The number of aliphatic hydroxyl groups is 1. The van der Waals surface area contributed by atoms with Gasteiger partial charge in [-0.2, -0.15) is 0 Å². The maximum atomic E-state index is 12.6. The van der Waals surface area contributed by atoms with Gasteiger partial charge in [-0.25, -0.2) is 8.78 Å². The normalized spacial score (nSPS) is 19.1. The van der Waals surface area contributed by atoms with E-state index in [0.29, 0.717) is 17.9 Å². The average Bonchev–Trinajstić information content (AvgIpc) is 2.55. The molecule has 1 saturated heterocycles. The molecule has 0 saturated carbocycles. The third-order valence-corrected chi connectivity index (χ3v) is 3.82. The van der Waals surface area contributed by atoms with Crippen molar-refractivity contribution in [1.29, 1.82) is 0 Å². The van der Waals surface area contributed by atoms with Gasteiger partial charge in [-0.1, -0.05) is 6.07 Å². The van der Waals surface area contributed by atoms with Crippen molar-refractivity contribution in [2.75, 3.05) is 20.0 Å². The highest BCUT2D eigenvalue weighted by molar-refractivity contribution is 5.39. The SMILES string of the molecule is Oc1cc(OC2CCCCO2)ccc1CCC(O)(CF)CF. The Morgan fingerprint density at radius 3 is 2.64 bits per heavy atom. The lowest BCUT2D eigenvalue weighted by atomic mass is 9.97. The highest BCUT2D eigenvalue weighted by Gasteiger charge is 2.27. The first-order chi connectivity index (χ1) is 10.6. The van der Waals surface area contributed by atoms with E-state index in [2.05, 4.69) is 0 Å². The Morgan fingerprint density at radius 1 is 1.27 bits per heavy atom. The number of aromatic hydroxyl groups is 1. The van der Waals surface area contributed by atoms with Gasteiger partial charge in [0.05, 0.1) is 6.61 Å². The zero-order valence-corrected chi connectivity index (χ0v) is 12.4. The van der Waals surface area contributed by atoms with Crippen LogP contribution in [0.4, 0.5) is 8.78 Å². The summed E-state index contributed by atoms with van der Waals surface area (Å²) in [6.45, 7) is -1.63. The van der Waals surface area contributed by atoms with Gasteiger partial charge in [-0.15, -0.1) is 0 Å². The molecule has 0 radical (unpaired) electrons. The van der Waals surface area contributed by atoms with Crippen molar-refractivity contribution in [2.24, 2.45) is 0 Å². The number of benzene rings is 1. The summed E-state index contributed by atoms with van der Waals surface area (Å²) in [5, 5.41) is 19.6. The van der Waals surface area contributed by atoms with Crippen LogP contribution in [-0.2, 0) is 11.2 Å². The largest absolute Gasteiger partial charge is 0.508 e. The summed E-state index contributed by atoms with van der Waals surface area (Å²) in [5.41, 5.74) is -1.46. The zero-order chi connectivity index (χ0) is 16.0. The summed E-state index contributed by atoms with van der Waals surface area (Å²) in [7, 11) is 0. The Bertz CT molecular complexity index is 471. The number of phenolic OH excluding ortho intramolecular Hbond substituents is 1. The second-order valence-electron chi connectivity index (χ2n) is 5.70. The predicted molar refractivity (Wildman–Crippen MR) is 77.5 cm³/mol. The minimum Gasteiger partial charge on any atom is -0.508 e. The van der Waals surface area contributed by atoms with Gasteiger partial charge in [-0.3, -0.25) is 0 Å². The third kappa shape index (κ3) is 4.55. The number of alkyl halides is 2. The van der Waals surface area contributed by atoms with E-state index in [1.165, 1.54) is 6.07 Å². The second-order valence-corrected chi connectivity index (χ2v) is 5.70. The number of hydrogen-bond donors (Lipinski definition) is 2. The first kappa shape index (κ1) is 17.0. The van der Waals surface area contributed by atoms with Gasteiger partial charge in [0, 0.05) is 12.5 Å². The van der Waals surface area contributed by atoms with Crippen molar-refractivity contribution in [3.05, 3.63) is 23.8 Å². The van der Waals surface area contributed by atoms with Crippen molar-refractivity contribution in [1.82, 2.24) is 0 Å². The van der Waals surface area contributed by atoms with E-state index in [4.69, 9.17) is 9.47 Å². The summed E-state index contributed by atoms with van der Waals surface area (Å²) in [5.74, 6) is 0.466. The van der Waals surface area contributed by atoms with Crippen LogP contribution in [0.5, 0.6) is 11.5 Å². The van der Waals surface area contributed by atoms with Crippen molar-refractivity contribution in [3.8, 4) is 11.5 Å². The van der Waals surface area contributed by atoms with Crippen LogP contribution in [0.3, 0.4) is 0 Å². The van der Waals surface area contributed by atoms with E-state index in [1.807, 2.05) is 0 Å². The molecule has 0 spiro atoms. The molecule has 2 rings (SSSR count). The molecule has 1 fully saturated rings. The van der Waals surface area contributed by atoms with Gasteiger partial charge in [0.15, 0.2) is 6.29 Å². The van der Waals surface area contributed by atoms with Crippen LogP contribution in [0.25, 0.3) is 0 Å². The molecule has 4 nitrogen and oxygen atoms in total. The average molecular weight is 316 g/mol. The fraction of sp³-hybridized carbons (Fsp3) is 0.625. The number of halogens is 2. The molecule has 6 heteroatoms. The van der Waals surface area contributed by atoms with Gasteiger partial charge >= 0.3 is 0 Å². The molecule has 1 aliphatic heterocycles. The van der Waals surface area contributed by atoms with E-state index >= 15 is 0 Å². The van der Waals surface area contributed by atoms with Crippen molar-refractivity contribution >= 4 is 0 Å². The van der Waals surface area contributed by atoms with E-state index < -0.39 is 19.0 Å². The molecule has 0 aliphatic carbocycles. The Balaban J connectivity index is 1.94. The first-order valence-electron chi connectivity index (χ1n) is 7.51. The standard InChI is InChI=1S/C16H22F2O4/c17-10-16(20,11-18)7-6-12-4-5-13(9-14(12)19)22-15-3-1-2-8-21-15/h4-5,9,15,19-20H,1-3,6-8,10-11H2. The molecule has 22 heavy (non-hydrogen) atoms. The van der Waals surface area contributed by atoms with Crippen LogP contribution in [0.2, 0.25) is 0 Å². The lowest BCUT2D eigenvalue weighted by molar-refractivity contribution is -0.105. The zero-order valence-electron chi connectivity index (χ0n) is 12.4. The quantitative estimate of drug-likeness (QED) is 0.812. The first-order valence-corrected chi connectivity index (χ1v) is 7.51. The summed E-state index contributed by atoms with van der Waals surface area (Å²) in [4.78, 5) is 0. The molecule has 1 aliphatic rings. The smallest absolute Gasteiger partial charge is 0.199 e. The maximum absolute atomic E-state index is 12.6. The molecule has 1 heterocycles. The van der Waals surface area contributed by atoms with E-state index in [9.17, 15) is 19.0 Å².